The number of ether oxygens (including phenoxy) is 3. The first-order valence-corrected chi connectivity index (χ1v) is 11.2. The molecule has 174 valence electrons. The van der Waals surface area contributed by atoms with E-state index in [9.17, 15) is 9.59 Å². The Hall–Kier alpha value is -4.00. The number of rotatable bonds is 6. The van der Waals surface area contributed by atoms with Crippen LogP contribution < -0.4 is 14.8 Å². The molecule has 2 aromatic rings. The third-order valence-corrected chi connectivity index (χ3v) is 6.27. The van der Waals surface area contributed by atoms with E-state index in [1.807, 2.05) is 42.5 Å². The van der Waals surface area contributed by atoms with Crippen LogP contribution >= 0.6 is 0 Å². The summed E-state index contributed by atoms with van der Waals surface area (Å²) in [7, 11) is 3.38. The highest BCUT2D eigenvalue weighted by molar-refractivity contribution is 5.87. The van der Waals surface area contributed by atoms with Crippen LogP contribution in [0.4, 0.5) is 4.79 Å². The summed E-state index contributed by atoms with van der Waals surface area (Å²) in [6.07, 6.45) is 7.88. The van der Waals surface area contributed by atoms with Crippen LogP contribution in [0.15, 0.2) is 71.5 Å². The van der Waals surface area contributed by atoms with Gasteiger partial charge in [-0.1, -0.05) is 36.4 Å². The van der Waals surface area contributed by atoms with Gasteiger partial charge in [-0.05, 0) is 59.4 Å². The maximum Gasteiger partial charge on any atom is 0.409 e. The molecule has 2 aliphatic heterocycles. The second-order valence-electron chi connectivity index (χ2n) is 8.64. The SMILES string of the molecule is COc1cc(/C=C2/C=C3CC(=O)NC3=CC2)ccc1Oc1ccc(CC2COC(=O)N2C)cc1. The predicted molar refractivity (Wildman–Crippen MR) is 128 cm³/mol. The third kappa shape index (κ3) is 4.55. The van der Waals surface area contributed by atoms with E-state index in [0.29, 0.717) is 30.3 Å². The maximum absolute atomic E-state index is 11.6. The molecule has 7 heteroatoms. The molecule has 0 saturated carbocycles. The van der Waals surface area contributed by atoms with Gasteiger partial charge in [-0.25, -0.2) is 4.79 Å². The molecule has 2 fully saturated rings. The van der Waals surface area contributed by atoms with Crippen LogP contribution in [-0.4, -0.2) is 43.7 Å². The summed E-state index contributed by atoms with van der Waals surface area (Å²) in [4.78, 5) is 24.8. The summed E-state index contributed by atoms with van der Waals surface area (Å²) in [5, 5.41) is 2.88. The number of hydrogen-bond donors (Lipinski definition) is 1. The topological polar surface area (TPSA) is 77.1 Å². The van der Waals surface area contributed by atoms with Crippen molar-refractivity contribution in [1.29, 1.82) is 0 Å². The lowest BCUT2D eigenvalue weighted by Crippen LogP contribution is -2.30. The molecule has 2 saturated heterocycles. The van der Waals surface area contributed by atoms with Crippen molar-refractivity contribution in [2.45, 2.75) is 25.3 Å². The Kier molecular flexibility index (Phi) is 5.84. The smallest absolute Gasteiger partial charge is 0.409 e. The van der Waals surface area contributed by atoms with E-state index in [-0.39, 0.29) is 18.0 Å². The average molecular weight is 459 g/mol. The normalized spacial score (nSPS) is 20.5. The molecule has 1 unspecified atom stereocenters. The Morgan fingerprint density at radius 2 is 1.97 bits per heavy atom. The highest BCUT2D eigenvalue weighted by Gasteiger charge is 2.29. The van der Waals surface area contributed by atoms with E-state index >= 15 is 0 Å². The average Bonchev–Trinajstić information content (AvgIpc) is 3.36. The number of methoxy groups -OCH3 is 1. The summed E-state index contributed by atoms with van der Waals surface area (Å²) in [5.74, 6) is 2.01. The molecule has 0 aromatic heterocycles. The molecule has 3 aliphatic rings. The van der Waals surface area contributed by atoms with Gasteiger partial charge in [-0.2, -0.15) is 0 Å². The van der Waals surface area contributed by atoms with Gasteiger partial charge in [0.1, 0.15) is 12.4 Å². The van der Waals surface area contributed by atoms with Crippen molar-refractivity contribution in [2.75, 3.05) is 20.8 Å². The van der Waals surface area contributed by atoms with Crippen LogP contribution in [0.25, 0.3) is 6.08 Å². The van der Waals surface area contributed by atoms with Gasteiger partial charge in [0.05, 0.1) is 19.6 Å². The lowest BCUT2D eigenvalue weighted by molar-refractivity contribution is -0.118. The number of fused-ring (bicyclic) bond motifs is 1. The standard InChI is InChI=1S/C27H26N2O5/c1-29-21(16-33-27(29)31)13-17-3-7-22(8-4-17)34-24-10-6-19(14-25(24)32-2)11-18-5-9-23-20(12-18)15-26(30)28-23/h3-4,6-12,14,21H,5,13,15-16H2,1-2H3,(H,28,30)/b18-11+. The minimum Gasteiger partial charge on any atom is -0.493 e. The molecule has 1 N–H and O–H groups in total. The second-order valence-corrected chi connectivity index (χ2v) is 8.64. The lowest BCUT2D eigenvalue weighted by atomic mass is 9.97. The Bertz CT molecular complexity index is 1230. The van der Waals surface area contributed by atoms with E-state index in [2.05, 4.69) is 23.5 Å². The zero-order chi connectivity index (χ0) is 23.7. The first-order valence-electron chi connectivity index (χ1n) is 11.2. The Morgan fingerprint density at radius 1 is 1.15 bits per heavy atom. The van der Waals surface area contributed by atoms with Gasteiger partial charge in [0.15, 0.2) is 11.5 Å². The predicted octanol–water partition coefficient (Wildman–Crippen LogP) is 4.60. The van der Waals surface area contributed by atoms with Gasteiger partial charge in [0.25, 0.3) is 0 Å². The monoisotopic (exact) mass is 458 g/mol. The minimum absolute atomic E-state index is 0.0462. The van der Waals surface area contributed by atoms with Gasteiger partial charge >= 0.3 is 6.09 Å². The maximum atomic E-state index is 11.6. The van der Waals surface area contributed by atoms with Crippen LogP contribution in [0.5, 0.6) is 17.2 Å². The number of likely N-dealkylation sites (N-methyl/N-ethyl adjacent to an activating group) is 1. The number of nitrogens with zero attached hydrogens (tertiary/aromatic N) is 1. The number of nitrogens with one attached hydrogen (secondary N) is 1. The molecule has 7 nitrogen and oxygen atoms in total. The number of benzene rings is 2. The highest BCUT2D eigenvalue weighted by atomic mass is 16.6. The Labute approximate surface area is 198 Å². The molecule has 2 amide bonds. The van der Waals surface area contributed by atoms with Crippen molar-refractivity contribution in [3.63, 3.8) is 0 Å². The van der Waals surface area contributed by atoms with E-state index in [4.69, 9.17) is 14.2 Å². The van der Waals surface area contributed by atoms with Crippen molar-refractivity contribution >= 4 is 18.1 Å². The fourth-order valence-electron chi connectivity index (χ4n) is 4.35. The number of allylic oxidation sites excluding steroid dienone is 4. The summed E-state index contributed by atoms with van der Waals surface area (Å²) in [6.45, 7) is 0.414. The molecule has 0 bridgehead atoms. The summed E-state index contributed by atoms with van der Waals surface area (Å²) < 4.78 is 16.7. The summed E-state index contributed by atoms with van der Waals surface area (Å²) in [5.41, 5.74) is 5.22. The molecular weight excluding hydrogens is 432 g/mol. The number of carbonyl (C=O) groups is 2. The van der Waals surface area contributed by atoms with Gasteiger partial charge < -0.3 is 24.4 Å². The van der Waals surface area contributed by atoms with Crippen LogP contribution in [0.3, 0.4) is 0 Å². The molecule has 1 atom stereocenters. The van der Waals surface area contributed by atoms with Gasteiger partial charge in [0, 0.05) is 12.7 Å². The van der Waals surface area contributed by atoms with Gasteiger partial charge in [-0.3, -0.25) is 4.79 Å². The van der Waals surface area contributed by atoms with Crippen molar-refractivity contribution in [3.05, 3.63) is 82.6 Å². The van der Waals surface area contributed by atoms with E-state index in [0.717, 1.165) is 40.8 Å². The van der Waals surface area contributed by atoms with E-state index in [1.54, 1.807) is 19.1 Å². The summed E-state index contributed by atoms with van der Waals surface area (Å²) >= 11 is 0. The summed E-state index contributed by atoms with van der Waals surface area (Å²) in [6, 6.07) is 13.7. The molecule has 0 spiro atoms. The van der Waals surface area contributed by atoms with Crippen LogP contribution in [0, 0.1) is 0 Å². The number of hydrogen-bond acceptors (Lipinski definition) is 5. The van der Waals surface area contributed by atoms with Crippen LogP contribution in [-0.2, 0) is 16.0 Å². The molecule has 1 aliphatic carbocycles. The Balaban J connectivity index is 1.27. The van der Waals surface area contributed by atoms with Gasteiger partial charge in [0.2, 0.25) is 5.91 Å². The molecule has 34 heavy (non-hydrogen) atoms. The third-order valence-electron chi connectivity index (χ3n) is 6.27. The molecule has 5 rings (SSSR count). The van der Waals surface area contributed by atoms with Crippen LogP contribution in [0.1, 0.15) is 24.0 Å². The van der Waals surface area contributed by atoms with E-state index in [1.165, 1.54) is 0 Å². The van der Waals surface area contributed by atoms with E-state index < -0.39 is 0 Å². The number of cyclic esters (lactones) is 1. The lowest BCUT2D eigenvalue weighted by Gasteiger charge is -2.16. The zero-order valence-electron chi connectivity index (χ0n) is 19.2. The quantitative estimate of drug-likeness (QED) is 0.685. The minimum atomic E-state index is -0.275. The number of carbonyl (C=O) groups excluding carboxylic acids is 2. The first kappa shape index (κ1) is 21.8. The molecular formula is C27H26N2O5. The second kappa shape index (κ2) is 9.09. The van der Waals surface area contributed by atoms with Crippen LogP contribution in [0.2, 0.25) is 0 Å². The molecule has 2 aromatic carbocycles. The first-order chi connectivity index (χ1) is 16.5. The number of amides is 2. The zero-order valence-corrected chi connectivity index (χ0v) is 19.2. The molecule has 2 heterocycles. The highest BCUT2D eigenvalue weighted by Crippen LogP contribution is 2.34. The van der Waals surface area contributed by atoms with Crippen molar-refractivity contribution in [1.82, 2.24) is 10.2 Å². The fraction of sp³-hybridized carbons (Fsp3) is 0.259. The van der Waals surface area contributed by atoms with Crippen molar-refractivity contribution in [2.24, 2.45) is 0 Å². The fourth-order valence-corrected chi connectivity index (χ4v) is 4.35. The largest absolute Gasteiger partial charge is 0.493 e. The van der Waals surface area contributed by atoms with Crippen molar-refractivity contribution in [3.8, 4) is 17.2 Å². The Morgan fingerprint density at radius 3 is 2.71 bits per heavy atom. The van der Waals surface area contributed by atoms with Crippen molar-refractivity contribution < 1.29 is 23.8 Å². The van der Waals surface area contributed by atoms with Gasteiger partial charge in [-0.15, -0.1) is 0 Å². The molecule has 0 radical (unpaired) electrons.